The molecule has 24 heavy (non-hydrogen) atoms. The van der Waals surface area contributed by atoms with Gasteiger partial charge in [0.25, 0.3) is 0 Å². The van der Waals surface area contributed by atoms with Gasteiger partial charge in [0, 0.05) is 13.1 Å². The van der Waals surface area contributed by atoms with Crippen LogP contribution in [0.1, 0.15) is 22.6 Å². The highest BCUT2D eigenvalue weighted by Gasteiger charge is 2.11. The maximum atomic E-state index is 5.93. The van der Waals surface area contributed by atoms with Crippen LogP contribution in [0.2, 0.25) is 0 Å². The molecule has 0 aliphatic rings. The molecular weight excluding hydrogens is 296 g/mol. The molecule has 0 aliphatic heterocycles. The van der Waals surface area contributed by atoms with Gasteiger partial charge in [-0.05, 0) is 30.3 Å². The molecule has 0 bridgehead atoms. The molecule has 3 heteroatoms. The summed E-state index contributed by atoms with van der Waals surface area (Å²) < 4.78 is 5.93. The Morgan fingerprint density at radius 1 is 0.708 bits per heavy atom. The van der Waals surface area contributed by atoms with Crippen molar-refractivity contribution in [2.24, 2.45) is 0 Å². The summed E-state index contributed by atoms with van der Waals surface area (Å²) in [6.45, 7) is 3.36. The van der Waals surface area contributed by atoms with Crippen LogP contribution in [-0.4, -0.2) is 11.9 Å². The molecule has 1 aromatic heterocycles. The average molecular weight is 320 g/mol. The van der Waals surface area contributed by atoms with Gasteiger partial charge in [0.05, 0.1) is 13.1 Å². The van der Waals surface area contributed by atoms with Gasteiger partial charge in [0.15, 0.2) is 0 Å². The molecule has 2 aromatic carbocycles. The van der Waals surface area contributed by atoms with Gasteiger partial charge in [0.1, 0.15) is 11.5 Å². The zero-order valence-corrected chi connectivity index (χ0v) is 14.1. The van der Waals surface area contributed by atoms with Crippen LogP contribution in [0, 0.1) is 0 Å². The van der Waals surface area contributed by atoms with Crippen molar-refractivity contribution in [1.82, 2.24) is 10.2 Å². The quantitative estimate of drug-likeness (QED) is 0.674. The number of nitrogens with one attached hydrogen (secondary N) is 1. The van der Waals surface area contributed by atoms with Crippen LogP contribution < -0.4 is 5.32 Å². The Kier molecular flexibility index (Phi) is 5.83. The zero-order chi connectivity index (χ0) is 16.6. The topological polar surface area (TPSA) is 28.4 Å². The highest BCUT2D eigenvalue weighted by molar-refractivity contribution is 5.17. The van der Waals surface area contributed by atoms with Crippen LogP contribution in [0.3, 0.4) is 0 Å². The fourth-order valence-electron chi connectivity index (χ4n) is 2.85. The van der Waals surface area contributed by atoms with Crippen molar-refractivity contribution in [3.05, 3.63) is 95.4 Å². The number of furan rings is 1. The van der Waals surface area contributed by atoms with Gasteiger partial charge < -0.3 is 9.73 Å². The standard InChI is InChI=1S/C21H24N2O/c1-22-14-20-12-13-21(24-20)17-23(15-18-8-4-2-5-9-18)16-19-10-6-3-7-11-19/h2-13,22H,14-17H2,1H3. The number of benzene rings is 2. The minimum atomic E-state index is 0.761. The highest BCUT2D eigenvalue weighted by Crippen LogP contribution is 2.16. The molecule has 0 aliphatic carbocycles. The maximum absolute atomic E-state index is 5.93. The van der Waals surface area contributed by atoms with Crippen LogP contribution in [0.5, 0.6) is 0 Å². The van der Waals surface area contributed by atoms with Gasteiger partial charge in [-0.2, -0.15) is 0 Å². The fourth-order valence-corrected chi connectivity index (χ4v) is 2.85. The highest BCUT2D eigenvalue weighted by atomic mass is 16.3. The minimum Gasteiger partial charge on any atom is -0.463 e. The lowest BCUT2D eigenvalue weighted by Gasteiger charge is -2.21. The largest absolute Gasteiger partial charge is 0.463 e. The Bertz CT molecular complexity index is 680. The van der Waals surface area contributed by atoms with E-state index in [1.807, 2.05) is 7.05 Å². The second kappa shape index (κ2) is 8.48. The van der Waals surface area contributed by atoms with Crippen molar-refractivity contribution in [3.63, 3.8) is 0 Å². The van der Waals surface area contributed by atoms with Crippen LogP contribution in [0.25, 0.3) is 0 Å². The first-order valence-corrected chi connectivity index (χ1v) is 8.36. The third-order valence-corrected chi connectivity index (χ3v) is 3.95. The molecule has 3 rings (SSSR count). The molecule has 3 nitrogen and oxygen atoms in total. The lowest BCUT2D eigenvalue weighted by Crippen LogP contribution is -2.22. The third kappa shape index (κ3) is 4.82. The Hall–Kier alpha value is -2.36. The van der Waals surface area contributed by atoms with Crippen LogP contribution in [0.15, 0.2) is 77.2 Å². The molecular formula is C21H24N2O. The van der Waals surface area contributed by atoms with Crippen molar-refractivity contribution in [1.29, 1.82) is 0 Å². The lowest BCUT2D eigenvalue weighted by atomic mass is 10.1. The molecule has 0 fully saturated rings. The first kappa shape index (κ1) is 16.5. The van der Waals surface area contributed by atoms with Crippen LogP contribution in [-0.2, 0) is 26.2 Å². The van der Waals surface area contributed by atoms with E-state index in [0.717, 1.165) is 37.7 Å². The van der Waals surface area contributed by atoms with Crippen LogP contribution in [0.4, 0.5) is 0 Å². The number of nitrogens with zero attached hydrogens (tertiary/aromatic N) is 1. The summed E-state index contributed by atoms with van der Waals surface area (Å²) in [5.41, 5.74) is 2.63. The molecule has 0 saturated carbocycles. The first-order valence-electron chi connectivity index (χ1n) is 8.36. The van der Waals surface area contributed by atoms with Crippen molar-refractivity contribution in [2.45, 2.75) is 26.2 Å². The monoisotopic (exact) mass is 320 g/mol. The SMILES string of the molecule is CNCc1ccc(CN(Cc2ccccc2)Cc2ccccc2)o1. The van der Waals surface area contributed by atoms with E-state index in [4.69, 9.17) is 4.42 Å². The number of hydrogen-bond acceptors (Lipinski definition) is 3. The van der Waals surface area contributed by atoms with Gasteiger partial charge in [0.2, 0.25) is 0 Å². The molecule has 3 aromatic rings. The van der Waals surface area contributed by atoms with E-state index < -0.39 is 0 Å². The van der Waals surface area contributed by atoms with Gasteiger partial charge in [-0.1, -0.05) is 60.7 Å². The summed E-state index contributed by atoms with van der Waals surface area (Å²) in [4.78, 5) is 2.41. The van der Waals surface area contributed by atoms with Gasteiger partial charge in [-0.15, -0.1) is 0 Å². The van der Waals surface area contributed by atoms with E-state index >= 15 is 0 Å². The molecule has 124 valence electrons. The Morgan fingerprint density at radius 3 is 1.79 bits per heavy atom. The summed E-state index contributed by atoms with van der Waals surface area (Å²) in [7, 11) is 1.93. The molecule has 1 heterocycles. The van der Waals surface area contributed by atoms with Gasteiger partial charge >= 0.3 is 0 Å². The number of rotatable bonds is 8. The van der Waals surface area contributed by atoms with E-state index in [0.29, 0.717) is 0 Å². The predicted octanol–water partition coefficient (Wildman–Crippen LogP) is 4.20. The van der Waals surface area contributed by atoms with Crippen molar-refractivity contribution < 1.29 is 4.42 Å². The molecule has 0 saturated heterocycles. The summed E-state index contributed by atoms with van der Waals surface area (Å²) in [6, 6.07) is 25.3. The lowest BCUT2D eigenvalue weighted by molar-refractivity contribution is 0.224. The van der Waals surface area contributed by atoms with E-state index in [9.17, 15) is 0 Å². The second-order valence-corrected chi connectivity index (χ2v) is 6.01. The van der Waals surface area contributed by atoms with Crippen molar-refractivity contribution in [2.75, 3.05) is 7.05 Å². The van der Waals surface area contributed by atoms with E-state index in [-0.39, 0.29) is 0 Å². The maximum Gasteiger partial charge on any atom is 0.118 e. The van der Waals surface area contributed by atoms with Crippen LogP contribution >= 0.6 is 0 Å². The molecule has 0 amide bonds. The minimum absolute atomic E-state index is 0.761. The Balaban J connectivity index is 1.73. The first-order chi connectivity index (χ1) is 11.8. The molecule has 0 radical (unpaired) electrons. The predicted molar refractivity (Wildman–Crippen MR) is 97.3 cm³/mol. The zero-order valence-electron chi connectivity index (χ0n) is 14.1. The fraction of sp³-hybridized carbons (Fsp3) is 0.238. The van der Waals surface area contributed by atoms with E-state index in [1.165, 1.54) is 11.1 Å². The molecule has 0 atom stereocenters. The summed E-state index contributed by atoms with van der Waals surface area (Å²) in [6.07, 6.45) is 0. The summed E-state index contributed by atoms with van der Waals surface area (Å²) in [5.74, 6) is 1.99. The normalized spacial score (nSPS) is 11.1. The summed E-state index contributed by atoms with van der Waals surface area (Å²) >= 11 is 0. The smallest absolute Gasteiger partial charge is 0.118 e. The number of hydrogen-bond donors (Lipinski definition) is 1. The van der Waals surface area contributed by atoms with E-state index in [1.54, 1.807) is 0 Å². The van der Waals surface area contributed by atoms with Crippen molar-refractivity contribution in [3.8, 4) is 0 Å². The average Bonchev–Trinajstić information content (AvgIpc) is 3.04. The Morgan fingerprint density at radius 2 is 1.25 bits per heavy atom. The van der Waals surface area contributed by atoms with Gasteiger partial charge in [-0.25, -0.2) is 0 Å². The van der Waals surface area contributed by atoms with Crippen molar-refractivity contribution >= 4 is 0 Å². The molecule has 1 N–H and O–H groups in total. The molecule has 0 spiro atoms. The second-order valence-electron chi connectivity index (χ2n) is 6.01. The third-order valence-electron chi connectivity index (χ3n) is 3.95. The molecule has 0 unspecified atom stereocenters. The Labute approximate surface area is 143 Å². The summed E-state index contributed by atoms with van der Waals surface area (Å²) in [5, 5.41) is 3.12. The van der Waals surface area contributed by atoms with Gasteiger partial charge in [-0.3, -0.25) is 4.90 Å². The van der Waals surface area contributed by atoms with E-state index in [2.05, 4.69) is 83.0 Å².